The first-order valence-corrected chi connectivity index (χ1v) is 9.86. The van der Waals surface area contributed by atoms with Crippen molar-refractivity contribution in [3.05, 3.63) is 47.5 Å². The average Bonchev–Trinajstić information content (AvgIpc) is 3.17. The SMILES string of the molecule is COc1ccc(NC(=O)C(C)Sc2nnnn2-c2ccc(C)c(C)c2)cc1OC. The molecular weight excluding hydrogens is 390 g/mol. The Morgan fingerprint density at radius 3 is 2.52 bits per heavy atom. The van der Waals surface area contributed by atoms with Gasteiger partial charge in [0.05, 0.1) is 25.2 Å². The third kappa shape index (κ3) is 4.68. The number of amides is 1. The number of carbonyl (C=O) groups is 1. The molecule has 0 aliphatic rings. The Balaban J connectivity index is 1.72. The molecule has 8 nitrogen and oxygen atoms in total. The van der Waals surface area contributed by atoms with E-state index in [4.69, 9.17) is 9.47 Å². The summed E-state index contributed by atoms with van der Waals surface area (Å²) < 4.78 is 12.1. The van der Waals surface area contributed by atoms with E-state index >= 15 is 0 Å². The second-order valence-corrected chi connectivity index (χ2v) is 7.77. The van der Waals surface area contributed by atoms with Gasteiger partial charge in [-0.2, -0.15) is 4.68 Å². The summed E-state index contributed by atoms with van der Waals surface area (Å²) in [6, 6.07) is 11.2. The molecule has 0 aliphatic heterocycles. The van der Waals surface area contributed by atoms with E-state index in [-0.39, 0.29) is 5.91 Å². The first-order valence-electron chi connectivity index (χ1n) is 8.98. The van der Waals surface area contributed by atoms with Crippen molar-refractivity contribution in [3.63, 3.8) is 0 Å². The van der Waals surface area contributed by atoms with Gasteiger partial charge >= 0.3 is 0 Å². The Bertz CT molecular complexity index is 1020. The number of nitrogens with one attached hydrogen (secondary N) is 1. The van der Waals surface area contributed by atoms with Gasteiger partial charge in [0, 0.05) is 11.8 Å². The van der Waals surface area contributed by atoms with Crippen molar-refractivity contribution in [3.8, 4) is 17.2 Å². The third-order valence-electron chi connectivity index (χ3n) is 4.48. The number of thioether (sulfide) groups is 1. The molecule has 152 valence electrons. The summed E-state index contributed by atoms with van der Waals surface area (Å²) in [7, 11) is 3.11. The Morgan fingerprint density at radius 1 is 1.07 bits per heavy atom. The molecule has 1 amide bonds. The number of rotatable bonds is 7. The molecule has 9 heteroatoms. The fraction of sp³-hybridized carbons (Fsp3) is 0.300. The van der Waals surface area contributed by atoms with Crippen molar-refractivity contribution in [2.75, 3.05) is 19.5 Å². The van der Waals surface area contributed by atoms with Crippen LogP contribution in [0.2, 0.25) is 0 Å². The number of carbonyl (C=O) groups excluding carboxylic acids is 1. The van der Waals surface area contributed by atoms with Crippen LogP contribution < -0.4 is 14.8 Å². The molecule has 3 rings (SSSR count). The third-order valence-corrected chi connectivity index (χ3v) is 5.51. The lowest BCUT2D eigenvalue weighted by Crippen LogP contribution is -2.23. The molecule has 0 spiro atoms. The number of aromatic nitrogens is 4. The van der Waals surface area contributed by atoms with Crippen molar-refractivity contribution >= 4 is 23.4 Å². The molecule has 0 aliphatic carbocycles. The summed E-state index contributed by atoms with van der Waals surface area (Å²) in [5.74, 6) is 0.974. The van der Waals surface area contributed by atoms with Crippen LogP contribution in [0, 0.1) is 13.8 Å². The molecule has 0 radical (unpaired) electrons. The van der Waals surface area contributed by atoms with E-state index in [2.05, 4.69) is 27.8 Å². The number of benzene rings is 2. The number of ether oxygens (including phenoxy) is 2. The lowest BCUT2D eigenvalue weighted by molar-refractivity contribution is -0.115. The normalized spacial score (nSPS) is 11.8. The number of hydrogen-bond acceptors (Lipinski definition) is 7. The van der Waals surface area contributed by atoms with Gasteiger partial charge in [0.25, 0.3) is 0 Å². The summed E-state index contributed by atoms with van der Waals surface area (Å²) >= 11 is 1.29. The highest BCUT2D eigenvalue weighted by Gasteiger charge is 2.20. The topological polar surface area (TPSA) is 91.2 Å². The van der Waals surface area contributed by atoms with E-state index in [0.717, 1.165) is 11.3 Å². The van der Waals surface area contributed by atoms with E-state index in [9.17, 15) is 4.79 Å². The van der Waals surface area contributed by atoms with Gasteiger partial charge in [-0.05, 0) is 66.6 Å². The molecule has 29 heavy (non-hydrogen) atoms. The number of aryl methyl sites for hydroxylation is 2. The number of methoxy groups -OCH3 is 2. The monoisotopic (exact) mass is 413 g/mol. The van der Waals surface area contributed by atoms with Crippen LogP contribution in [0.5, 0.6) is 11.5 Å². The largest absolute Gasteiger partial charge is 0.493 e. The zero-order chi connectivity index (χ0) is 21.0. The van der Waals surface area contributed by atoms with Crippen LogP contribution in [0.25, 0.3) is 5.69 Å². The smallest absolute Gasteiger partial charge is 0.237 e. The minimum Gasteiger partial charge on any atom is -0.493 e. The van der Waals surface area contributed by atoms with Crippen molar-refractivity contribution in [2.24, 2.45) is 0 Å². The first kappa shape index (κ1) is 20.7. The zero-order valence-corrected chi connectivity index (χ0v) is 17.8. The molecule has 3 aromatic rings. The minimum atomic E-state index is -0.417. The van der Waals surface area contributed by atoms with Gasteiger partial charge < -0.3 is 14.8 Å². The van der Waals surface area contributed by atoms with Gasteiger partial charge in [-0.15, -0.1) is 5.10 Å². The predicted molar refractivity (Wildman–Crippen MR) is 112 cm³/mol. The number of hydrogen-bond donors (Lipinski definition) is 1. The van der Waals surface area contributed by atoms with E-state index in [1.165, 1.54) is 17.3 Å². The van der Waals surface area contributed by atoms with Gasteiger partial charge in [0.1, 0.15) is 0 Å². The van der Waals surface area contributed by atoms with Gasteiger partial charge in [0.2, 0.25) is 11.1 Å². The molecule has 1 heterocycles. The van der Waals surface area contributed by atoms with Crippen LogP contribution in [0.3, 0.4) is 0 Å². The second kappa shape index (κ2) is 8.95. The summed E-state index contributed by atoms with van der Waals surface area (Å²) in [6.45, 7) is 5.89. The van der Waals surface area contributed by atoms with E-state index in [1.54, 1.807) is 44.0 Å². The molecule has 0 fully saturated rings. The number of anilines is 1. The molecule has 1 aromatic heterocycles. The molecule has 0 saturated carbocycles. The molecule has 1 unspecified atom stereocenters. The summed E-state index contributed by atoms with van der Waals surface area (Å²) in [4.78, 5) is 12.7. The fourth-order valence-electron chi connectivity index (χ4n) is 2.64. The highest BCUT2D eigenvalue weighted by atomic mass is 32.2. The highest BCUT2D eigenvalue weighted by molar-refractivity contribution is 8.00. The van der Waals surface area contributed by atoms with E-state index in [0.29, 0.717) is 22.3 Å². The Morgan fingerprint density at radius 2 is 1.83 bits per heavy atom. The van der Waals surface area contributed by atoms with Crippen LogP contribution in [-0.2, 0) is 4.79 Å². The van der Waals surface area contributed by atoms with Crippen molar-refractivity contribution in [1.82, 2.24) is 20.2 Å². The minimum absolute atomic E-state index is 0.170. The summed E-state index contributed by atoms with van der Waals surface area (Å²) in [5, 5.41) is 14.9. The number of tetrazole rings is 1. The molecule has 1 N–H and O–H groups in total. The van der Waals surface area contributed by atoms with Crippen LogP contribution in [-0.4, -0.2) is 45.6 Å². The van der Waals surface area contributed by atoms with Crippen LogP contribution in [0.1, 0.15) is 18.1 Å². The molecule has 2 aromatic carbocycles. The maximum Gasteiger partial charge on any atom is 0.237 e. The number of nitrogens with zero attached hydrogens (tertiary/aromatic N) is 4. The molecule has 1 atom stereocenters. The lowest BCUT2D eigenvalue weighted by atomic mass is 10.1. The Kier molecular flexibility index (Phi) is 6.38. The maximum atomic E-state index is 12.7. The van der Waals surface area contributed by atoms with Crippen LogP contribution in [0.4, 0.5) is 5.69 Å². The Labute approximate surface area is 173 Å². The quantitative estimate of drug-likeness (QED) is 0.594. The van der Waals surface area contributed by atoms with Crippen LogP contribution >= 0.6 is 11.8 Å². The van der Waals surface area contributed by atoms with Gasteiger partial charge in [0.15, 0.2) is 11.5 Å². The summed E-state index contributed by atoms with van der Waals surface area (Å²) in [6.07, 6.45) is 0. The average molecular weight is 414 g/mol. The van der Waals surface area contributed by atoms with Gasteiger partial charge in [-0.1, -0.05) is 17.8 Å². The van der Waals surface area contributed by atoms with Crippen molar-refractivity contribution in [2.45, 2.75) is 31.2 Å². The highest BCUT2D eigenvalue weighted by Crippen LogP contribution is 2.30. The van der Waals surface area contributed by atoms with Crippen molar-refractivity contribution < 1.29 is 14.3 Å². The van der Waals surface area contributed by atoms with E-state index < -0.39 is 5.25 Å². The molecule has 0 saturated heterocycles. The Hall–Kier alpha value is -3.07. The van der Waals surface area contributed by atoms with E-state index in [1.807, 2.05) is 25.1 Å². The maximum absolute atomic E-state index is 12.7. The standard InChI is InChI=1S/C20H23N5O3S/c1-12-6-8-16(10-13(12)2)25-20(22-23-24-25)29-14(3)19(26)21-15-7-9-17(27-4)18(11-15)28-5/h6-11,14H,1-5H3,(H,21,26). The lowest BCUT2D eigenvalue weighted by Gasteiger charge is -2.14. The van der Waals surface area contributed by atoms with Gasteiger partial charge in [-0.25, -0.2) is 0 Å². The fourth-order valence-corrected chi connectivity index (χ4v) is 3.45. The zero-order valence-electron chi connectivity index (χ0n) is 17.0. The molecule has 0 bridgehead atoms. The second-order valence-electron chi connectivity index (χ2n) is 6.46. The first-order chi connectivity index (χ1) is 13.9. The predicted octanol–water partition coefficient (Wildman–Crippen LogP) is 3.42. The molecular formula is C20H23N5O3S. The van der Waals surface area contributed by atoms with Crippen molar-refractivity contribution in [1.29, 1.82) is 0 Å². The summed E-state index contributed by atoms with van der Waals surface area (Å²) in [5.41, 5.74) is 3.81. The van der Waals surface area contributed by atoms with Gasteiger partial charge in [-0.3, -0.25) is 4.79 Å². The van der Waals surface area contributed by atoms with Crippen LogP contribution in [0.15, 0.2) is 41.6 Å².